The Morgan fingerprint density at radius 2 is 2.13 bits per heavy atom. The molecule has 0 aromatic carbocycles. The molecule has 3 N–H and O–H groups in total. The standard InChI is InChI=1S/C11H19N3O/c1-14(5-3-2-4-6-15)11-7-10(12)8-13-9-11/h7-9,15H,2-6,12H2,1H3. The minimum absolute atomic E-state index is 0.281. The molecule has 4 nitrogen and oxygen atoms in total. The van der Waals surface area contributed by atoms with E-state index in [2.05, 4.69) is 9.88 Å². The van der Waals surface area contributed by atoms with Gasteiger partial charge in [0, 0.05) is 26.4 Å². The molecule has 0 fully saturated rings. The smallest absolute Gasteiger partial charge is 0.0570 e. The largest absolute Gasteiger partial charge is 0.397 e. The first-order chi connectivity index (χ1) is 7.24. The molecule has 0 saturated heterocycles. The van der Waals surface area contributed by atoms with Crippen molar-refractivity contribution in [2.24, 2.45) is 0 Å². The van der Waals surface area contributed by atoms with Crippen LogP contribution in [0.25, 0.3) is 0 Å². The van der Waals surface area contributed by atoms with Gasteiger partial charge in [0.1, 0.15) is 0 Å². The van der Waals surface area contributed by atoms with Gasteiger partial charge in [-0.25, -0.2) is 0 Å². The highest BCUT2D eigenvalue weighted by Crippen LogP contribution is 2.14. The number of unbranched alkanes of at least 4 members (excludes halogenated alkanes) is 2. The number of nitrogens with zero attached hydrogens (tertiary/aromatic N) is 2. The Balaban J connectivity index is 2.36. The summed E-state index contributed by atoms with van der Waals surface area (Å²) in [6.07, 6.45) is 6.46. The van der Waals surface area contributed by atoms with Crippen molar-refractivity contribution in [2.45, 2.75) is 19.3 Å². The number of pyridine rings is 1. The van der Waals surface area contributed by atoms with Gasteiger partial charge in [0.2, 0.25) is 0 Å². The summed E-state index contributed by atoms with van der Waals surface area (Å²) in [5.41, 5.74) is 7.38. The van der Waals surface area contributed by atoms with Crippen molar-refractivity contribution < 1.29 is 5.11 Å². The molecule has 0 spiro atoms. The quantitative estimate of drug-likeness (QED) is 0.692. The number of aliphatic hydroxyl groups is 1. The van der Waals surface area contributed by atoms with Crippen molar-refractivity contribution in [1.29, 1.82) is 0 Å². The number of hydrogen-bond acceptors (Lipinski definition) is 4. The van der Waals surface area contributed by atoms with Crippen LogP contribution in [-0.4, -0.2) is 30.3 Å². The number of anilines is 2. The topological polar surface area (TPSA) is 62.4 Å². The third-order valence-corrected chi connectivity index (χ3v) is 2.34. The Kier molecular flexibility index (Phi) is 4.90. The fraction of sp³-hybridized carbons (Fsp3) is 0.545. The molecular formula is C11H19N3O. The van der Waals surface area contributed by atoms with Gasteiger partial charge in [-0.1, -0.05) is 0 Å². The molecule has 0 bridgehead atoms. The summed E-state index contributed by atoms with van der Waals surface area (Å²) in [5, 5.41) is 8.64. The fourth-order valence-electron chi connectivity index (χ4n) is 1.42. The maximum absolute atomic E-state index is 8.64. The fourth-order valence-corrected chi connectivity index (χ4v) is 1.42. The Morgan fingerprint density at radius 1 is 1.33 bits per heavy atom. The number of rotatable bonds is 6. The van der Waals surface area contributed by atoms with E-state index in [1.54, 1.807) is 6.20 Å². The molecule has 0 amide bonds. The van der Waals surface area contributed by atoms with E-state index in [0.717, 1.165) is 31.5 Å². The lowest BCUT2D eigenvalue weighted by molar-refractivity contribution is 0.283. The van der Waals surface area contributed by atoms with Gasteiger partial charge < -0.3 is 15.7 Å². The number of nitrogens with two attached hydrogens (primary N) is 1. The molecule has 0 atom stereocenters. The molecule has 4 heteroatoms. The van der Waals surface area contributed by atoms with Crippen LogP contribution in [0.3, 0.4) is 0 Å². The van der Waals surface area contributed by atoms with Gasteiger partial charge in [-0.3, -0.25) is 4.98 Å². The second kappa shape index (κ2) is 6.24. The SMILES string of the molecule is CN(CCCCCO)c1cncc(N)c1. The number of aromatic nitrogens is 1. The van der Waals surface area contributed by atoms with Gasteiger partial charge in [0.05, 0.1) is 17.6 Å². The van der Waals surface area contributed by atoms with Crippen molar-refractivity contribution in [1.82, 2.24) is 4.98 Å². The lowest BCUT2D eigenvalue weighted by atomic mass is 10.2. The van der Waals surface area contributed by atoms with Gasteiger partial charge in [0.25, 0.3) is 0 Å². The first-order valence-corrected chi connectivity index (χ1v) is 5.26. The van der Waals surface area contributed by atoms with Gasteiger partial charge >= 0.3 is 0 Å². The summed E-state index contributed by atoms with van der Waals surface area (Å²) in [7, 11) is 2.02. The Morgan fingerprint density at radius 3 is 2.80 bits per heavy atom. The number of hydrogen-bond donors (Lipinski definition) is 2. The molecule has 15 heavy (non-hydrogen) atoms. The highest BCUT2D eigenvalue weighted by atomic mass is 16.2. The lowest BCUT2D eigenvalue weighted by Gasteiger charge is -2.18. The third kappa shape index (κ3) is 4.16. The summed E-state index contributed by atoms with van der Waals surface area (Å²) in [6, 6.07) is 1.92. The minimum atomic E-state index is 0.281. The second-order valence-corrected chi connectivity index (χ2v) is 3.68. The number of aliphatic hydroxyl groups excluding tert-OH is 1. The Bertz CT molecular complexity index is 291. The molecule has 1 aromatic rings. The summed E-state index contributed by atoms with van der Waals surface area (Å²) in [4.78, 5) is 6.17. The summed E-state index contributed by atoms with van der Waals surface area (Å²) in [6.45, 7) is 1.24. The van der Waals surface area contributed by atoms with Crippen molar-refractivity contribution >= 4 is 11.4 Å². The average Bonchev–Trinajstić information content (AvgIpc) is 2.24. The Labute approximate surface area is 90.7 Å². The summed E-state index contributed by atoms with van der Waals surface area (Å²) in [5.74, 6) is 0. The van der Waals surface area contributed by atoms with Crippen LogP contribution in [0, 0.1) is 0 Å². The van der Waals surface area contributed by atoms with Crippen LogP contribution < -0.4 is 10.6 Å². The highest BCUT2D eigenvalue weighted by Gasteiger charge is 2.00. The van der Waals surface area contributed by atoms with Crippen LogP contribution in [-0.2, 0) is 0 Å². The monoisotopic (exact) mass is 209 g/mol. The normalized spacial score (nSPS) is 10.3. The third-order valence-electron chi connectivity index (χ3n) is 2.34. The lowest BCUT2D eigenvalue weighted by Crippen LogP contribution is -2.18. The average molecular weight is 209 g/mol. The molecule has 0 radical (unpaired) electrons. The van der Waals surface area contributed by atoms with Crippen molar-refractivity contribution in [2.75, 3.05) is 30.8 Å². The summed E-state index contributed by atoms with van der Waals surface area (Å²) >= 11 is 0. The van der Waals surface area contributed by atoms with E-state index < -0.39 is 0 Å². The zero-order chi connectivity index (χ0) is 11.1. The zero-order valence-electron chi connectivity index (χ0n) is 9.19. The van der Waals surface area contributed by atoms with Crippen LogP contribution in [0.4, 0.5) is 11.4 Å². The predicted molar refractivity (Wildman–Crippen MR) is 62.9 cm³/mol. The molecule has 1 rings (SSSR count). The maximum Gasteiger partial charge on any atom is 0.0570 e. The molecule has 1 aromatic heterocycles. The Hall–Kier alpha value is -1.29. The molecule has 0 aliphatic rings. The molecule has 0 aliphatic carbocycles. The van der Waals surface area contributed by atoms with E-state index >= 15 is 0 Å². The predicted octanol–water partition coefficient (Wildman–Crippen LogP) is 1.26. The molecule has 0 saturated carbocycles. The van der Waals surface area contributed by atoms with Gasteiger partial charge in [0.15, 0.2) is 0 Å². The van der Waals surface area contributed by atoms with E-state index in [0.29, 0.717) is 5.69 Å². The number of nitrogen functional groups attached to an aromatic ring is 1. The van der Waals surface area contributed by atoms with E-state index in [1.807, 2.05) is 19.3 Å². The maximum atomic E-state index is 8.64. The van der Waals surface area contributed by atoms with E-state index in [1.165, 1.54) is 0 Å². The molecule has 0 aliphatic heterocycles. The summed E-state index contributed by atoms with van der Waals surface area (Å²) < 4.78 is 0. The van der Waals surface area contributed by atoms with E-state index in [9.17, 15) is 0 Å². The second-order valence-electron chi connectivity index (χ2n) is 3.68. The molecule has 1 heterocycles. The van der Waals surface area contributed by atoms with E-state index in [-0.39, 0.29) is 6.61 Å². The first kappa shape index (κ1) is 11.8. The highest BCUT2D eigenvalue weighted by molar-refractivity contribution is 5.52. The van der Waals surface area contributed by atoms with Crippen molar-refractivity contribution in [3.05, 3.63) is 18.5 Å². The van der Waals surface area contributed by atoms with Crippen molar-refractivity contribution in [3.8, 4) is 0 Å². The molecule has 0 unspecified atom stereocenters. The zero-order valence-corrected chi connectivity index (χ0v) is 9.19. The van der Waals surface area contributed by atoms with Crippen LogP contribution in [0.5, 0.6) is 0 Å². The first-order valence-electron chi connectivity index (χ1n) is 5.26. The van der Waals surface area contributed by atoms with Gasteiger partial charge in [-0.05, 0) is 25.3 Å². The van der Waals surface area contributed by atoms with E-state index in [4.69, 9.17) is 10.8 Å². The van der Waals surface area contributed by atoms with Gasteiger partial charge in [-0.15, -0.1) is 0 Å². The van der Waals surface area contributed by atoms with Gasteiger partial charge in [-0.2, -0.15) is 0 Å². The van der Waals surface area contributed by atoms with Crippen LogP contribution in [0.15, 0.2) is 18.5 Å². The molecule has 84 valence electrons. The minimum Gasteiger partial charge on any atom is -0.397 e. The molecular weight excluding hydrogens is 190 g/mol. The van der Waals surface area contributed by atoms with Crippen LogP contribution in [0.2, 0.25) is 0 Å². The van der Waals surface area contributed by atoms with Crippen LogP contribution >= 0.6 is 0 Å². The van der Waals surface area contributed by atoms with Crippen LogP contribution in [0.1, 0.15) is 19.3 Å². The van der Waals surface area contributed by atoms with Crippen molar-refractivity contribution in [3.63, 3.8) is 0 Å².